The van der Waals surface area contributed by atoms with Gasteiger partial charge in [0.15, 0.2) is 0 Å². The molecular weight excluding hydrogens is 307 g/mol. The molecule has 2 heterocycles. The van der Waals surface area contributed by atoms with Crippen LogP contribution < -0.4 is 10.2 Å². The molecule has 126 valence electrons. The second-order valence-electron chi connectivity index (χ2n) is 6.05. The van der Waals surface area contributed by atoms with Gasteiger partial charge in [-0.25, -0.2) is 14.4 Å². The van der Waals surface area contributed by atoms with Crippen molar-refractivity contribution in [3.05, 3.63) is 53.1 Å². The van der Waals surface area contributed by atoms with Crippen molar-refractivity contribution in [1.82, 2.24) is 15.3 Å². The summed E-state index contributed by atoms with van der Waals surface area (Å²) in [5.41, 5.74) is 1.98. The molecule has 6 heteroatoms. The molecule has 0 bridgehead atoms. The highest BCUT2D eigenvalue weighted by molar-refractivity contribution is 5.92. The van der Waals surface area contributed by atoms with Gasteiger partial charge in [-0.15, -0.1) is 0 Å². The minimum absolute atomic E-state index is 0.247. The molecule has 24 heavy (non-hydrogen) atoms. The smallest absolute Gasteiger partial charge is 0.270 e. The molecule has 1 aliphatic rings. The Balaban J connectivity index is 1.69. The average molecular weight is 328 g/mol. The maximum Gasteiger partial charge on any atom is 0.270 e. The van der Waals surface area contributed by atoms with Crippen LogP contribution in [0.4, 0.5) is 10.3 Å². The normalized spacial score (nSPS) is 14.5. The standard InChI is InChI=1S/C18H21FN4O/c1-13-11-16(22-18(21-13)23-9-3-2-4-10-23)17(24)20-12-14-5-7-15(19)8-6-14/h5-8,11H,2-4,9-10,12H2,1H3,(H,20,24). The lowest BCUT2D eigenvalue weighted by atomic mass is 10.1. The van der Waals surface area contributed by atoms with Crippen LogP contribution in [0.1, 0.15) is 41.0 Å². The van der Waals surface area contributed by atoms with Crippen molar-refractivity contribution in [2.45, 2.75) is 32.7 Å². The zero-order valence-electron chi connectivity index (χ0n) is 13.8. The van der Waals surface area contributed by atoms with Crippen LogP contribution in [0.25, 0.3) is 0 Å². The number of amides is 1. The van der Waals surface area contributed by atoms with Gasteiger partial charge in [0.05, 0.1) is 0 Å². The van der Waals surface area contributed by atoms with Crippen molar-refractivity contribution in [2.24, 2.45) is 0 Å². The van der Waals surface area contributed by atoms with Crippen molar-refractivity contribution in [3.63, 3.8) is 0 Å². The molecular formula is C18H21FN4O. The Labute approximate surface area is 140 Å². The molecule has 0 aliphatic carbocycles. The van der Waals surface area contributed by atoms with Gasteiger partial charge in [-0.2, -0.15) is 0 Å². The lowest BCUT2D eigenvalue weighted by Crippen LogP contribution is -2.32. The fraction of sp³-hybridized carbons (Fsp3) is 0.389. The zero-order valence-corrected chi connectivity index (χ0v) is 13.8. The fourth-order valence-electron chi connectivity index (χ4n) is 2.78. The summed E-state index contributed by atoms with van der Waals surface area (Å²) in [5, 5.41) is 2.82. The van der Waals surface area contributed by atoms with E-state index >= 15 is 0 Å². The molecule has 3 rings (SSSR count). The Morgan fingerprint density at radius 1 is 1.17 bits per heavy atom. The molecule has 0 unspecified atom stereocenters. The summed E-state index contributed by atoms with van der Waals surface area (Å²) in [7, 11) is 0. The van der Waals surface area contributed by atoms with Crippen LogP contribution in [-0.4, -0.2) is 29.0 Å². The third-order valence-corrected chi connectivity index (χ3v) is 4.08. The number of hydrogen-bond donors (Lipinski definition) is 1. The van der Waals surface area contributed by atoms with Crippen molar-refractivity contribution >= 4 is 11.9 Å². The molecule has 1 amide bonds. The van der Waals surface area contributed by atoms with Gasteiger partial charge < -0.3 is 10.2 Å². The molecule has 0 radical (unpaired) electrons. The van der Waals surface area contributed by atoms with Gasteiger partial charge in [0.1, 0.15) is 11.5 Å². The number of benzene rings is 1. The minimum Gasteiger partial charge on any atom is -0.347 e. The molecule has 0 saturated carbocycles. The number of hydrogen-bond acceptors (Lipinski definition) is 4. The first-order valence-corrected chi connectivity index (χ1v) is 8.25. The third-order valence-electron chi connectivity index (χ3n) is 4.08. The summed E-state index contributed by atoms with van der Waals surface area (Å²) < 4.78 is 12.9. The van der Waals surface area contributed by atoms with Crippen molar-refractivity contribution in [3.8, 4) is 0 Å². The number of carbonyl (C=O) groups excluding carboxylic acids is 1. The van der Waals surface area contributed by atoms with E-state index in [2.05, 4.69) is 20.2 Å². The Bertz CT molecular complexity index is 711. The van der Waals surface area contributed by atoms with Crippen LogP contribution >= 0.6 is 0 Å². The van der Waals surface area contributed by atoms with E-state index in [0.29, 0.717) is 18.2 Å². The van der Waals surface area contributed by atoms with Gasteiger partial charge in [-0.1, -0.05) is 12.1 Å². The van der Waals surface area contributed by atoms with E-state index in [4.69, 9.17) is 0 Å². The Morgan fingerprint density at radius 3 is 2.58 bits per heavy atom. The van der Waals surface area contributed by atoms with Crippen LogP contribution in [0.5, 0.6) is 0 Å². The van der Waals surface area contributed by atoms with Crippen LogP contribution in [-0.2, 0) is 6.54 Å². The Kier molecular flexibility index (Phi) is 5.03. The molecule has 2 aromatic rings. The number of nitrogens with one attached hydrogen (secondary N) is 1. The number of rotatable bonds is 4. The van der Waals surface area contributed by atoms with Crippen LogP contribution in [0, 0.1) is 12.7 Å². The number of aromatic nitrogens is 2. The lowest BCUT2D eigenvalue weighted by molar-refractivity contribution is 0.0945. The molecule has 5 nitrogen and oxygen atoms in total. The molecule has 1 saturated heterocycles. The van der Waals surface area contributed by atoms with Crippen LogP contribution in [0.15, 0.2) is 30.3 Å². The molecule has 1 aromatic heterocycles. The fourth-order valence-corrected chi connectivity index (χ4v) is 2.78. The first-order valence-electron chi connectivity index (χ1n) is 8.25. The van der Waals surface area contributed by atoms with Gasteiger partial charge in [-0.05, 0) is 49.9 Å². The van der Waals surface area contributed by atoms with E-state index in [9.17, 15) is 9.18 Å². The maximum absolute atomic E-state index is 12.9. The van der Waals surface area contributed by atoms with Gasteiger partial charge >= 0.3 is 0 Å². The maximum atomic E-state index is 12.9. The van der Waals surface area contributed by atoms with E-state index in [1.54, 1.807) is 18.2 Å². The second-order valence-corrected chi connectivity index (χ2v) is 6.05. The first-order chi connectivity index (χ1) is 11.6. The zero-order chi connectivity index (χ0) is 16.9. The molecule has 1 fully saturated rings. The Hall–Kier alpha value is -2.50. The summed E-state index contributed by atoms with van der Waals surface area (Å²) in [6.07, 6.45) is 3.49. The number of aryl methyl sites for hydroxylation is 1. The van der Waals surface area contributed by atoms with Crippen molar-refractivity contribution < 1.29 is 9.18 Å². The van der Waals surface area contributed by atoms with Crippen LogP contribution in [0.2, 0.25) is 0 Å². The number of nitrogens with zero attached hydrogens (tertiary/aromatic N) is 3. The van der Waals surface area contributed by atoms with E-state index in [1.807, 2.05) is 6.92 Å². The van der Waals surface area contributed by atoms with Gasteiger partial charge in [0.25, 0.3) is 5.91 Å². The summed E-state index contributed by atoms with van der Waals surface area (Å²) in [4.78, 5) is 23.4. The predicted molar refractivity (Wildman–Crippen MR) is 90.4 cm³/mol. The molecule has 1 aromatic carbocycles. The van der Waals surface area contributed by atoms with Gasteiger partial charge in [0.2, 0.25) is 5.95 Å². The third kappa shape index (κ3) is 4.07. The monoisotopic (exact) mass is 328 g/mol. The average Bonchev–Trinajstić information content (AvgIpc) is 2.61. The SMILES string of the molecule is Cc1cc(C(=O)NCc2ccc(F)cc2)nc(N2CCCCC2)n1. The Morgan fingerprint density at radius 2 is 1.88 bits per heavy atom. The highest BCUT2D eigenvalue weighted by Gasteiger charge is 2.17. The predicted octanol–water partition coefficient (Wildman–Crippen LogP) is 2.84. The van der Waals surface area contributed by atoms with Crippen molar-refractivity contribution in [1.29, 1.82) is 0 Å². The molecule has 0 atom stereocenters. The number of piperidine rings is 1. The van der Waals surface area contributed by atoms with E-state index in [1.165, 1.54) is 18.6 Å². The van der Waals surface area contributed by atoms with Crippen LogP contribution in [0.3, 0.4) is 0 Å². The summed E-state index contributed by atoms with van der Waals surface area (Å²) in [6, 6.07) is 7.75. The van der Waals surface area contributed by atoms with E-state index < -0.39 is 0 Å². The highest BCUT2D eigenvalue weighted by Crippen LogP contribution is 2.16. The summed E-state index contributed by atoms with van der Waals surface area (Å²) >= 11 is 0. The molecule has 1 aliphatic heterocycles. The largest absolute Gasteiger partial charge is 0.347 e. The summed E-state index contributed by atoms with van der Waals surface area (Å²) in [5.74, 6) is 0.0902. The van der Waals surface area contributed by atoms with E-state index in [0.717, 1.165) is 37.2 Å². The number of halogens is 1. The summed E-state index contributed by atoms with van der Waals surface area (Å²) in [6.45, 7) is 4.06. The van der Waals surface area contributed by atoms with Gasteiger partial charge in [-0.3, -0.25) is 4.79 Å². The second kappa shape index (κ2) is 7.38. The number of anilines is 1. The quantitative estimate of drug-likeness (QED) is 0.937. The van der Waals surface area contributed by atoms with Gasteiger partial charge in [0, 0.05) is 25.3 Å². The molecule has 1 N–H and O–H groups in total. The van der Waals surface area contributed by atoms with Crippen molar-refractivity contribution in [2.75, 3.05) is 18.0 Å². The lowest BCUT2D eigenvalue weighted by Gasteiger charge is -2.27. The highest BCUT2D eigenvalue weighted by atomic mass is 19.1. The first kappa shape index (κ1) is 16.4. The topological polar surface area (TPSA) is 58.1 Å². The minimum atomic E-state index is -0.289. The number of carbonyl (C=O) groups is 1. The van der Waals surface area contributed by atoms with E-state index in [-0.39, 0.29) is 11.7 Å². The molecule has 0 spiro atoms.